The van der Waals surface area contributed by atoms with Crippen molar-refractivity contribution in [2.75, 3.05) is 33.9 Å². The minimum absolute atomic E-state index is 0.0200. The van der Waals surface area contributed by atoms with Crippen molar-refractivity contribution in [1.29, 1.82) is 0 Å². The predicted molar refractivity (Wildman–Crippen MR) is 91.7 cm³/mol. The number of aliphatic hydroxyl groups excluding tert-OH is 1. The highest BCUT2D eigenvalue weighted by atomic mass is 16.5. The van der Waals surface area contributed by atoms with Crippen molar-refractivity contribution in [2.45, 2.75) is 19.3 Å². The molecule has 1 aliphatic rings. The van der Waals surface area contributed by atoms with E-state index in [-0.39, 0.29) is 12.5 Å². The summed E-state index contributed by atoms with van der Waals surface area (Å²) >= 11 is 0. The molecule has 130 valence electrons. The fourth-order valence-electron chi connectivity index (χ4n) is 3.35. The molecule has 1 aliphatic heterocycles. The maximum atomic E-state index is 12.7. The summed E-state index contributed by atoms with van der Waals surface area (Å²) in [6, 6.07) is 5.58. The second kappa shape index (κ2) is 7.13. The Labute approximate surface area is 141 Å². The van der Waals surface area contributed by atoms with Crippen LogP contribution in [0, 0.1) is 5.92 Å². The summed E-state index contributed by atoms with van der Waals surface area (Å²) < 4.78 is 10.6. The number of piperidine rings is 1. The zero-order chi connectivity index (χ0) is 17.1. The molecule has 1 aromatic heterocycles. The van der Waals surface area contributed by atoms with Crippen molar-refractivity contribution in [1.82, 2.24) is 9.88 Å². The van der Waals surface area contributed by atoms with Crippen LogP contribution in [0.5, 0.6) is 11.5 Å². The van der Waals surface area contributed by atoms with Crippen molar-refractivity contribution < 1.29 is 19.4 Å². The van der Waals surface area contributed by atoms with Gasteiger partial charge in [0.25, 0.3) is 5.91 Å². The molecule has 1 fully saturated rings. The number of nitrogens with one attached hydrogen (secondary N) is 1. The van der Waals surface area contributed by atoms with E-state index in [1.807, 2.05) is 23.1 Å². The number of aromatic nitrogens is 1. The number of amides is 1. The van der Waals surface area contributed by atoms with Gasteiger partial charge in [0.2, 0.25) is 0 Å². The number of benzene rings is 1. The number of hydrogen-bond acceptors (Lipinski definition) is 4. The smallest absolute Gasteiger partial charge is 0.270 e. The molecule has 2 aromatic rings. The molecule has 0 radical (unpaired) electrons. The highest BCUT2D eigenvalue weighted by molar-refractivity contribution is 5.98. The van der Waals surface area contributed by atoms with Crippen LogP contribution < -0.4 is 9.47 Å². The predicted octanol–water partition coefficient (Wildman–Crippen LogP) is 2.42. The number of aromatic amines is 1. The number of H-pyrrole nitrogens is 1. The fraction of sp³-hybridized carbons (Fsp3) is 0.500. The Kier molecular flexibility index (Phi) is 4.94. The van der Waals surface area contributed by atoms with E-state index < -0.39 is 0 Å². The van der Waals surface area contributed by atoms with Gasteiger partial charge in [-0.05, 0) is 37.3 Å². The molecule has 2 N–H and O–H groups in total. The van der Waals surface area contributed by atoms with Crippen LogP contribution >= 0.6 is 0 Å². The molecule has 6 heteroatoms. The second-order valence-corrected chi connectivity index (χ2v) is 6.23. The third-order valence-electron chi connectivity index (χ3n) is 4.79. The van der Waals surface area contributed by atoms with Gasteiger partial charge in [0, 0.05) is 36.7 Å². The molecule has 24 heavy (non-hydrogen) atoms. The van der Waals surface area contributed by atoms with Gasteiger partial charge in [-0.2, -0.15) is 0 Å². The van der Waals surface area contributed by atoms with Gasteiger partial charge in [-0.15, -0.1) is 0 Å². The minimum atomic E-state index is 0.0200. The summed E-state index contributed by atoms with van der Waals surface area (Å²) in [5.74, 6) is 1.82. The lowest BCUT2D eigenvalue weighted by atomic mass is 9.94. The van der Waals surface area contributed by atoms with E-state index in [1.54, 1.807) is 14.2 Å². The number of nitrogens with zero attached hydrogens (tertiary/aromatic N) is 1. The summed E-state index contributed by atoms with van der Waals surface area (Å²) in [5.41, 5.74) is 1.44. The molecule has 1 amide bonds. The topological polar surface area (TPSA) is 74.8 Å². The number of hydrogen-bond donors (Lipinski definition) is 2. The fourth-order valence-corrected chi connectivity index (χ4v) is 3.35. The molecule has 6 nitrogen and oxygen atoms in total. The van der Waals surface area contributed by atoms with E-state index in [4.69, 9.17) is 14.6 Å². The number of ether oxygens (including phenoxy) is 2. The van der Waals surface area contributed by atoms with Crippen LogP contribution in [0.3, 0.4) is 0 Å². The maximum Gasteiger partial charge on any atom is 0.270 e. The van der Waals surface area contributed by atoms with Gasteiger partial charge in [0.1, 0.15) is 5.69 Å². The van der Waals surface area contributed by atoms with Crippen molar-refractivity contribution in [3.63, 3.8) is 0 Å². The van der Waals surface area contributed by atoms with Gasteiger partial charge in [-0.25, -0.2) is 0 Å². The third-order valence-corrected chi connectivity index (χ3v) is 4.79. The Bertz CT molecular complexity index is 676. The Balaban J connectivity index is 1.78. The zero-order valence-corrected chi connectivity index (χ0v) is 14.2. The number of methoxy groups -OCH3 is 2. The van der Waals surface area contributed by atoms with Gasteiger partial charge < -0.3 is 24.5 Å². The molecule has 1 saturated heterocycles. The summed E-state index contributed by atoms with van der Waals surface area (Å²) in [6.45, 7) is 1.71. The van der Waals surface area contributed by atoms with Crippen molar-refractivity contribution in [3.8, 4) is 11.5 Å². The average Bonchev–Trinajstić information content (AvgIpc) is 3.03. The highest BCUT2D eigenvalue weighted by Gasteiger charge is 2.24. The van der Waals surface area contributed by atoms with Gasteiger partial charge in [-0.1, -0.05) is 0 Å². The zero-order valence-electron chi connectivity index (χ0n) is 14.2. The van der Waals surface area contributed by atoms with Crippen LogP contribution in [-0.4, -0.2) is 54.8 Å². The Hall–Kier alpha value is -2.21. The van der Waals surface area contributed by atoms with Gasteiger partial charge >= 0.3 is 0 Å². The number of likely N-dealkylation sites (tertiary alicyclic amines) is 1. The SMILES string of the molecule is COc1cc2cc(C(=O)N3CCC(CCO)CC3)[nH]c2cc1OC. The largest absolute Gasteiger partial charge is 0.493 e. The van der Waals surface area contributed by atoms with Crippen LogP contribution in [0.25, 0.3) is 10.9 Å². The normalized spacial score (nSPS) is 15.7. The second-order valence-electron chi connectivity index (χ2n) is 6.23. The number of aliphatic hydroxyl groups is 1. The highest BCUT2D eigenvalue weighted by Crippen LogP contribution is 2.32. The number of rotatable bonds is 5. The summed E-state index contributed by atoms with van der Waals surface area (Å²) in [5, 5.41) is 9.95. The molecule has 0 saturated carbocycles. The maximum absolute atomic E-state index is 12.7. The first-order chi connectivity index (χ1) is 11.7. The molecule has 2 heterocycles. The number of fused-ring (bicyclic) bond motifs is 1. The van der Waals surface area contributed by atoms with E-state index in [1.165, 1.54) is 0 Å². The van der Waals surface area contributed by atoms with Crippen LogP contribution in [-0.2, 0) is 0 Å². The van der Waals surface area contributed by atoms with Gasteiger partial charge in [0.05, 0.1) is 14.2 Å². The molecular weight excluding hydrogens is 308 g/mol. The quantitative estimate of drug-likeness (QED) is 0.882. The van der Waals surface area contributed by atoms with E-state index in [2.05, 4.69) is 4.98 Å². The van der Waals surface area contributed by atoms with Crippen molar-refractivity contribution >= 4 is 16.8 Å². The van der Waals surface area contributed by atoms with E-state index in [0.717, 1.165) is 43.3 Å². The molecule has 3 rings (SSSR count). The number of carbonyl (C=O) groups is 1. The summed E-state index contributed by atoms with van der Waals surface area (Å²) in [6.07, 6.45) is 2.73. The van der Waals surface area contributed by atoms with Crippen LogP contribution in [0.2, 0.25) is 0 Å². The molecule has 0 spiro atoms. The minimum Gasteiger partial charge on any atom is -0.493 e. The first-order valence-electron chi connectivity index (χ1n) is 8.31. The first kappa shape index (κ1) is 16.6. The lowest BCUT2D eigenvalue weighted by Gasteiger charge is -2.31. The van der Waals surface area contributed by atoms with E-state index in [9.17, 15) is 4.79 Å². The molecule has 0 aliphatic carbocycles. The Morgan fingerprint density at radius 3 is 2.50 bits per heavy atom. The third kappa shape index (κ3) is 3.19. The van der Waals surface area contributed by atoms with Crippen LogP contribution in [0.15, 0.2) is 18.2 Å². The van der Waals surface area contributed by atoms with Crippen LogP contribution in [0.4, 0.5) is 0 Å². The molecular formula is C18H24N2O4. The number of carbonyl (C=O) groups excluding carboxylic acids is 1. The summed E-state index contributed by atoms with van der Waals surface area (Å²) in [4.78, 5) is 17.8. The average molecular weight is 332 g/mol. The van der Waals surface area contributed by atoms with E-state index in [0.29, 0.717) is 23.1 Å². The van der Waals surface area contributed by atoms with Crippen LogP contribution in [0.1, 0.15) is 29.8 Å². The lowest BCUT2D eigenvalue weighted by molar-refractivity contribution is 0.0673. The molecule has 0 atom stereocenters. The van der Waals surface area contributed by atoms with Crippen molar-refractivity contribution in [2.24, 2.45) is 5.92 Å². The standard InChI is InChI=1S/C18H24N2O4/c1-23-16-10-13-9-15(19-14(13)11-17(16)24-2)18(22)20-6-3-12(4-7-20)5-8-21/h9-12,19,21H,3-8H2,1-2H3. The lowest BCUT2D eigenvalue weighted by Crippen LogP contribution is -2.38. The van der Waals surface area contributed by atoms with Gasteiger partial charge in [-0.3, -0.25) is 4.79 Å². The first-order valence-corrected chi connectivity index (χ1v) is 8.31. The molecule has 0 unspecified atom stereocenters. The van der Waals surface area contributed by atoms with Crippen molar-refractivity contribution in [3.05, 3.63) is 23.9 Å². The summed E-state index contributed by atoms with van der Waals surface area (Å²) in [7, 11) is 3.19. The van der Waals surface area contributed by atoms with E-state index >= 15 is 0 Å². The monoisotopic (exact) mass is 332 g/mol. The Morgan fingerprint density at radius 1 is 1.21 bits per heavy atom. The molecule has 1 aromatic carbocycles. The molecule has 0 bridgehead atoms. The Morgan fingerprint density at radius 2 is 1.88 bits per heavy atom. The van der Waals surface area contributed by atoms with Gasteiger partial charge in [0.15, 0.2) is 11.5 Å².